The van der Waals surface area contributed by atoms with Gasteiger partial charge in [0.1, 0.15) is 5.69 Å². The molecule has 1 N–H and O–H groups in total. The normalized spacial score (nSPS) is 17.2. The number of ether oxygens (including phenoxy) is 1. The molecule has 0 atom stereocenters. The van der Waals surface area contributed by atoms with E-state index in [2.05, 4.69) is 5.32 Å². The van der Waals surface area contributed by atoms with E-state index in [1.807, 2.05) is 0 Å². The van der Waals surface area contributed by atoms with E-state index in [0.717, 1.165) is 6.07 Å². The molecule has 1 fully saturated rings. The first-order chi connectivity index (χ1) is 9.96. The highest BCUT2D eigenvalue weighted by atomic mass is 32.2. The molecule has 1 saturated heterocycles. The number of nitro benzene ring substituents is 1. The Labute approximate surface area is 122 Å². The maximum absolute atomic E-state index is 12.5. The predicted molar refractivity (Wildman–Crippen MR) is 76.8 cm³/mol. The lowest BCUT2D eigenvalue weighted by atomic mass is 10.3. The van der Waals surface area contributed by atoms with Crippen LogP contribution in [0.15, 0.2) is 23.1 Å². The average molecular weight is 315 g/mol. The first kappa shape index (κ1) is 15.7. The molecule has 0 unspecified atom stereocenters. The molecule has 1 aliphatic heterocycles. The van der Waals surface area contributed by atoms with Crippen LogP contribution in [0.1, 0.15) is 6.42 Å². The van der Waals surface area contributed by atoms with Gasteiger partial charge < -0.3 is 10.1 Å². The molecule has 0 aromatic heterocycles. The minimum Gasteiger partial charge on any atom is -0.383 e. The van der Waals surface area contributed by atoms with Crippen LogP contribution in [-0.4, -0.2) is 51.0 Å². The van der Waals surface area contributed by atoms with Gasteiger partial charge in [-0.1, -0.05) is 0 Å². The van der Waals surface area contributed by atoms with Crippen LogP contribution in [0.2, 0.25) is 0 Å². The second-order valence-corrected chi connectivity index (χ2v) is 6.49. The fourth-order valence-electron chi connectivity index (χ4n) is 2.15. The molecule has 21 heavy (non-hydrogen) atoms. The van der Waals surface area contributed by atoms with Crippen molar-refractivity contribution in [2.75, 3.05) is 38.7 Å². The monoisotopic (exact) mass is 315 g/mol. The Balaban J connectivity index is 2.39. The van der Waals surface area contributed by atoms with E-state index in [1.54, 1.807) is 7.05 Å². The summed E-state index contributed by atoms with van der Waals surface area (Å²) in [5.41, 5.74) is 0.0165. The van der Waals surface area contributed by atoms with Crippen molar-refractivity contribution in [3.63, 3.8) is 0 Å². The van der Waals surface area contributed by atoms with Crippen LogP contribution >= 0.6 is 0 Å². The number of benzene rings is 1. The van der Waals surface area contributed by atoms with Crippen molar-refractivity contribution in [2.45, 2.75) is 11.3 Å². The van der Waals surface area contributed by atoms with Crippen LogP contribution in [-0.2, 0) is 14.8 Å². The molecule has 9 heteroatoms. The molecule has 0 radical (unpaired) electrons. The van der Waals surface area contributed by atoms with E-state index in [0.29, 0.717) is 26.2 Å². The largest absolute Gasteiger partial charge is 0.383 e. The molecule has 0 amide bonds. The fourth-order valence-corrected chi connectivity index (χ4v) is 3.63. The third-order valence-electron chi connectivity index (χ3n) is 3.25. The van der Waals surface area contributed by atoms with Gasteiger partial charge in [-0.2, -0.15) is 4.31 Å². The van der Waals surface area contributed by atoms with Gasteiger partial charge in [0, 0.05) is 32.8 Å². The van der Waals surface area contributed by atoms with Crippen LogP contribution < -0.4 is 5.32 Å². The molecular weight excluding hydrogens is 298 g/mol. The van der Waals surface area contributed by atoms with Crippen molar-refractivity contribution in [1.29, 1.82) is 0 Å². The van der Waals surface area contributed by atoms with E-state index in [4.69, 9.17) is 4.74 Å². The van der Waals surface area contributed by atoms with Gasteiger partial charge in [-0.25, -0.2) is 8.42 Å². The molecule has 0 bridgehead atoms. The SMILES string of the molecule is CNc1ccc(S(=O)(=O)N2CCCOCC2)cc1[N+](=O)[O-]. The first-order valence-electron chi connectivity index (χ1n) is 6.51. The molecule has 8 nitrogen and oxygen atoms in total. The van der Waals surface area contributed by atoms with Crippen molar-refractivity contribution in [3.8, 4) is 0 Å². The lowest BCUT2D eigenvalue weighted by Crippen LogP contribution is -2.33. The fraction of sp³-hybridized carbons (Fsp3) is 0.500. The van der Waals surface area contributed by atoms with Crippen molar-refractivity contribution >= 4 is 21.4 Å². The molecular formula is C12H17N3O5S. The molecule has 1 aromatic rings. The Morgan fingerprint density at radius 1 is 1.33 bits per heavy atom. The number of nitrogens with zero attached hydrogens (tertiary/aromatic N) is 2. The summed E-state index contributed by atoms with van der Waals surface area (Å²) in [5.74, 6) is 0. The van der Waals surface area contributed by atoms with Gasteiger partial charge in [-0.05, 0) is 18.6 Å². The highest BCUT2D eigenvalue weighted by molar-refractivity contribution is 7.89. The van der Waals surface area contributed by atoms with Gasteiger partial charge in [0.15, 0.2) is 0 Å². The number of nitrogens with one attached hydrogen (secondary N) is 1. The van der Waals surface area contributed by atoms with Gasteiger partial charge in [0.05, 0.1) is 16.4 Å². The van der Waals surface area contributed by atoms with E-state index in [9.17, 15) is 18.5 Å². The standard InChI is InChI=1S/C12H17N3O5S/c1-13-11-4-3-10(9-12(11)15(16)17)21(18,19)14-5-2-7-20-8-6-14/h3-4,9,13H,2,5-8H2,1H3. The zero-order chi connectivity index (χ0) is 15.5. The van der Waals surface area contributed by atoms with Crippen molar-refractivity contribution in [3.05, 3.63) is 28.3 Å². The van der Waals surface area contributed by atoms with Crippen LogP contribution in [0, 0.1) is 10.1 Å². The number of nitro groups is 1. The summed E-state index contributed by atoms with van der Waals surface area (Å²) in [5, 5.41) is 13.7. The van der Waals surface area contributed by atoms with Crippen molar-refractivity contribution < 1.29 is 18.1 Å². The number of sulfonamides is 1. The minimum absolute atomic E-state index is 0.0740. The van der Waals surface area contributed by atoms with Crippen LogP contribution in [0.3, 0.4) is 0 Å². The molecule has 1 heterocycles. The lowest BCUT2D eigenvalue weighted by molar-refractivity contribution is -0.384. The van der Waals surface area contributed by atoms with E-state index in [-0.39, 0.29) is 22.8 Å². The van der Waals surface area contributed by atoms with Gasteiger partial charge in [-0.15, -0.1) is 0 Å². The Morgan fingerprint density at radius 3 is 2.76 bits per heavy atom. The highest BCUT2D eigenvalue weighted by Gasteiger charge is 2.27. The minimum atomic E-state index is -3.75. The Morgan fingerprint density at radius 2 is 2.10 bits per heavy atom. The predicted octanol–water partition coefficient (Wildman–Crippen LogP) is 1.05. The number of hydrogen-bond donors (Lipinski definition) is 1. The molecule has 1 aliphatic rings. The molecule has 1 aromatic carbocycles. The third kappa shape index (κ3) is 3.31. The van der Waals surface area contributed by atoms with E-state index >= 15 is 0 Å². The Kier molecular flexibility index (Phi) is 4.76. The van der Waals surface area contributed by atoms with Gasteiger partial charge in [0.2, 0.25) is 10.0 Å². The van der Waals surface area contributed by atoms with Crippen molar-refractivity contribution in [1.82, 2.24) is 4.31 Å². The summed E-state index contributed by atoms with van der Waals surface area (Å²) >= 11 is 0. The molecule has 116 valence electrons. The quantitative estimate of drug-likeness (QED) is 0.658. The van der Waals surface area contributed by atoms with Crippen LogP contribution in [0.4, 0.5) is 11.4 Å². The number of rotatable bonds is 4. The summed E-state index contributed by atoms with van der Waals surface area (Å²) in [7, 11) is -2.20. The average Bonchev–Trinajstić information content (AvgIpc) is 2.76. The van der Waals surface area contributed by atoms with E-state index < -0.39 is 14.9 Å². The summed E-state index contributed by atoms with van der Waals surface area (Å²) in [6.45, 7) is 1.45. The zero-order valence-electron chi connectivity index (χ0n) is 11.6. The topological polar surface area (TPSA) is 102 Å². The number of anilines is 1. The number of hydrogen-bond acceptors (Lipinski definition) is 6. The Bertz CT molecular complexity index is 624. The maximum atomic E-state index is 12.5. The van der Waals surface area contributed by atoms with Crippen LogP contribution in [0.25, 0.3) is 0 Å². The van der Waals surface area contributed by atoms with Gasteiger partial charge >= 0.3 is 0 Å². The second-order valence-electron chi connectivity index (χ2n) is 4.56. The van der Waals surface area contributed by atoms with Crippen LogP contribution in [0.5, 0.6) is 0 Å². The third-order valence-corrected chi connectivity index (χ3v) is 5.15. The smallest absolute Gasteiger partial charge is 0.293 e. The highest BCUT2D eigenvalue weighted by Crippen LogP contribution is 2.28. The van der Waals surface area contributed by atoms with Crippen molar-refractivity contribution in [2.24, 2.45) is 0 Å². The lowest BCUT2D eigenvalue weighted by Gasteiger charge is -2.19. The summed E-state index contributed by atoms with van der Waals surface area (Å²) in [6, 6.07) is 3.87. The van der Waals surface area contributed by atoms with Gasteiger partial charge in [-0.3, -0.25) is 10.1 Å². The summed E-state index contributed by atoms with van der Waals surface area (Å²) in [4.78, 5) is 10.4. The molecule has 0 saturated carbocycles. The van der Waals surface area contributed by atoms with Gasteiger partial charge in [0.25, 0.3) is 5.69 Å². The molecule has 0 aliphatic carbocycles. The van der Waals surface area contributed by atoms with E-state index in [1.165, 1.54) is 16.4 Å². The maximum Gasteiger partial charge on any atom is 0.293 e. The Hall–Kier alpha value is -1.71. The summed E-state index contributed by atoms with van der Waals surface area (Å²) in [6.07, 6.45) is 0.607. The first-order valence-corrected chi connectivity index (χ1v) is 7.95. The molecule has 2 rings (SSSR count). The second kappa shape index (κ2) is 6.37. The summed E-state index contributed by atoms with van der Waals surface area (Å²) < 4.78 is 31.6. The molecule has 0 spiro atoms. The zero-order valence-corrected chi connectivity index (χ0v) is 12.4.